The van der Waals surface area contributed by atoms with Crippen LogP contribution < -0.4 is 10.6 Å². The SMILES string of the molecule is Cc1cc(N(C)CC2CCCCC2)ccc1/C(N)=N/O. The van der Waals surface area contributed by atoms with E-state index in [9.17, 15) is 0 Å². The zero-order chi connectivity index (χ0) is 14.5. The maximum absolute atomic E-state index is 8.76. The molecule has 3 N–H and O–H groups in total. The second kappa shape index (κ2) is 6.64. The molecule has 4 nitrogen and oxygen atoms in total. The first-order valence-corrected chi connectivity index (χ1v) is 7.41. The Hall–Kier alpha value is -1.71. The predicted octanol–water partition coefficient (Wildman–Crippen LogP) is 3.11. The number of oxime groups is 1. The Labute approximate surface area is 121 Å². The van der Waals surface area contributed by atoms with Crippen molar-refractivity contribution in [2.24, 2.45) is 16.8 Å². The van der Waals surface area contributed by atoms with Crippen molar-refractivity contribution < 1.29 is 5.21 Å². The van der Waals surface area contributed by atoms with E-state index < -0.39 is 0 Å². The van der Waals surface area contributed by atoms with Crippen molar-refractivity contribution in [2.75, 3.05) is 18.5 Å². The minimum absolute atomic E-state index is 0.170. The van der Waals surface area contributed by atoms with Crippen LogP contribution in [0.3, 0.4) is 0 Å². The molecule has 0 aliphatic heterocycles. The monoisotopic (exact) mass is 275 g/mol. The van der Waals surface area contributed by atoms with E-state index in [0.717, 1.165) is 23.6 Å². The van der Waals surface area contributed by atoms with Crippen LogP contribution in [0.5, 0.6) is 0 Å². The van der Waals surface area contributed by atoms with Crippen LogP contribution in [0, 0.1) is 12.8 Å². The van der Waals surface area contributed by atoms with E-state index in [2.05, 4.69) is 23.2 Å². The van der Waals surface area contributed by atoms with Gasteiger partial charge in [-0.1, -0.05) is 24.4 Å². The number of nitrogens with zero attached hydrogens (tertiary/aromatic N) is 2. The number of aryl methyl sites for hydroxylation is 1. The summed E-state index contributed by atoms with van der Waals surface area (Å²) in [6.45, 7) is 3.10. The van der Waals surface area contributed by atoms with Crippen molar-refractivity contribution in [3.8, 4) is 0 Å². The number of hydrogen-bond acceptors (Lipinski definition) is 3. The molecule has 1 fully saturated rings. The van der Waals surface area contributed by atoms with Crippen LogP contribution >= 0.6 is 0 Å². The summed E-state index contributed by atoms with van der Waals surface area (Å²) in [6.07, 6.45) is 6.85. The fourth-order valence-electron chi connectivity index (χ4n) is 3.09. The lowest BCUT2D eigenvalue weighted by Crippen LogP contribution is -2.27. The van der Waals surface area contributed by atoms with Gasteiger partial charge in [0.1, 0.15) is 0 Å². The predicted molar refractivity (Wildman–Crippen MR) is 83.5 cm³/mol. The van der Waals surface area contributed by atoms with Crippen molar-refractivity contribution in [3.05, 3.63) is 29.3 Å². The fourth-order valence-corrected chi connectivity index (χ4v) is 3.09. The van der Waals surface area contributed by atoms with Crippen LogP contribution in [-0.4, -0.2) is 24.6 Å². The number of hydrogen-bond donors (Lipinski definition) is 2. The van der Waals surface area contributed by atoms with Crippen LogP contribution in [0.1, 0.15) is 43.2 Å². The third-order valence-electron chi connectivity index (χ3n) is 4.29. The smallest absolute Gasteiger partial charge is 0.170 e. The Balaban J connectivity index is 2.06. The van der Waals surface area contributed by atoms with Gasteiger partial charge in [-0.05, 0) is 49.4 Å². The maximum Gasteiger partial charge on any atom is 0.170 e. The highest BCUT2D eigenvalue weighted by Crippen LogP contribution is 2.26. The summed E-state index contributed by atoms with van der Waals surface area (Å²) in [5.41, 5.74) is 8.68. The minimum atomic E-state index is 0.170. The van der Waals surface area contributed by atoms with Gasteiger partial charge in [-0.2, -0.15) is 0 Å². The van der Waals surface area contributed by atoms with Gasteiger partial charge in [-0.15, -0.1) is 0 Å². The quantitative estimate of drug-likeness (QED) is 0.384. The van der Waals surface area contributed by atoms with Crippen molar-refractivity contribution in [1.29, 1.82) is 0 Å². The molecule has 0 heterocycles. The first-order chi connectivity index (χ1) is 9.61. The van der Waals surface area contributed by atoms with Crippen molar-refractivity contribution >= 4 is 11.5 Å². The van der Waals surface area contributed by atoms with Crippen LogP contribution in [0.15, 0.2) is 23.4 Å². The lowest BCUT2D eigenvalue weighted by atomic mass is 9.89. The molecule has 1 saturated carbocycles. The molecule has 110 valence electrons. The first kappa shape index (κ1) is 14.7. The van der Waals surface area contributed by atoms with Crippen molar-refractivity contribution in [3.63, 3.8) is 0 Å². The Kier molecular flexibility index (Phi) is 4.88. The topological polar surface area (TPSA) is 61.8 Å². The molecular weight excluding hydrogens is 250 g/mol. The van der Waals surface area contributed by atoms with Crippen LogP contribution in [-0.2, 0) is 0 Å². The average molecular weight is 275 g/mol. The standard InChI is InChI=1S/C16H25N3O/c1-12-10-14(8-9-15(12)16(17)18-20)19(2)11-13-6-4-3-5-7-13/h8-10,13,20H,3-7,11H2,1-2H3,(H2,17,18). The van der Waals surface area contributed by atoms with E-state index in [0.29, 0.717) is 0 Å². The van der Waals surface area contributed by atoms with Crippen molar-refractivity contribution in [2.45, 2.75) is 39.0 Å². The highest BCUT2D eigenvalue weighted by Gasteiger charge is 2.16. The molecule has 0 unspecified atom stereocenters. The van der Waals surface area contributed by atoms with E-state index in [4.69, 9.17) is 10.9 Å². The van der Waals surface area contributed by atoms with Crippen LogP contribution in [0.2, 0.25) is 0 Å². The van der Waals surface area contributed by atoms with Gasteiger partial charge in [-0.3, -0.25) is 0 Å². The van der Waals surface area contributed by atoms with Gasteiger partial charge in [0.25, 0.3) is 0 Å². The maximum atomic E-state index is 8.76. The normalized spacial score (nSPS) is 17.2. The number of nitrogens with two attached hydrogens (primary N) is 1. The van der Waals surface area contributed by atoms with Crippen LogP contribution in [0.25, 0.3) is 0 Å². The van der Waals surface area contributed by atoms with E-state index in [1.165, 1.54) is 37.8 Å². The van der Waals surface area contributed by atoms with E-state index in [1.807, 2.05) is 19.1 Å². The summed E-state index contributed by atoms with van der Waals surface area (Å²) in [5.74, 6) is 0.988. The Bertz CT molecular complexity index is 479. The van der Waals surface area contributed by atoms with Crippen LogP contribution in [0.4, 0.5) is 5.69 Å². The van der Waals surface area contributed by atoms with E-state index in [-0.39, 0.29) is 5.84 Å². The molecule has 2 rings (SSSR count). The summed E-state index contributed by atoms with van der Waals surface area (Å²) >= 11 is 0. The third kappa shape index (κ3) is 3.44. The second-order valence-electron chi connectivity index (χ2n) is 5.87. The molecule has 1 aromatic rings. The molecule has 0 radical (unpaired) electrons. The molecule has 0 amide bonds. The van der Waals surface area contributed by atoms with Gasteiger partial charge < -0.3 is 15.8 Å². The molecular formula is C16H25N3O. The molecule has 0 saturated heterocycles. The molecule has 0 aromatic heterocycles. The number of anilines is 1. The van der Waals surface area contributed by atoms with Gasteiger partial charge in [0.15, 0.2) is 5.84 Å². The molecule has 1 aromatic carbocycles. The summed E-state index contributed by atoms with van der Waals surface area (Å²) in [4.78, 5) is 2.32. The number of amidine groups is 1. The molecule has 0 bridgehead atoms. The molecule has 0 spiro atoms. The van der Waals surface area contributed by atoms with Gasteiger partial charge in [0.05, 0.1) is 0 Å². The molecule has 0 atom stereocenters. The van der Waals surface area contributed by atoms with Gasteiger partial charge >= 0.3 is 0 Å². The Morgan fingerprint density at radius 3 is 2.65 bits per heavy atom. The van der Waals surface area contributed by atoms with E-state index in [1.54, 1.807) is 0 Å². The summed E-state index contributed by atoms with van der Waals surface area (Å²) < 4.78 is 0. The zero-order valence-corrected chi connectivity index (χ0v) is 12.5. The van der Waals surface area contributed by atoms with Gasteiger partial charge in [0.2, 0.25) is 0 Å². The molecule has 1 aliphatic carbocycles. The molecule has 1 aliphatic rings. The molecule has 4 heteroatoms. The summed E-state index contributed by atoms with van der Waals surface area (Å²) in [5, 5.41) is 11.8. The average Bonchev–Trinajstić information content (AvgIpc) is 2.47. The highest BCUT2D eigenvalue weighted by atomic mass is 16.4. The Morgan fingerprint density at radius 1 is 1.35 bits per heavy atom. The summed E-state index contributed by atoms with van der Waals surface area (Å²) in [7, 11) is 2.15. The van der Waals surface area contributed by atoms with Crippen molar-refractivity contribution in [1.82, 2.24) is 0 Å². The third-order valence-corrected chi connectivity index (χ3v) is 4.29. The Morgan fingerprint density at radius 2 is 2.05 bits per heavy atom. The molecule has 20 heavy (non-hydrogen) atoms. The summed E-state index contributed by atoms with van der Waals surface area (Å²) in [6, 6.07) is 6.08. The largest absolute Gasteiger partial charge is 0.409 e. The zero-order valence-electron chi connectivity index (χ0n) is 12.5. The lowest BCUT2D eigenvalue weighted by molar-refractivity contribution is 0.318. The minimum Gasteiger partial charge on any atom is -0.409 e. The fraction of sp³-hybridized carbons (Fsp3) is 0.562. The number of benzene rings is 1. The van der Waals surface area contributed by atoms with E-state index >= 15 is 0 Å². The first-order valence-electron chi connectivity index (χ1n) is 7.41. The van der Waals surface area contributed by atoms with Gasteiger partial charge in [-0.25, -0.2) is 0 Å². The second-order valence-corrected chi connectivity index (χ2v) is 5.87. The highest BCUT2D eigenvalue weighted by molar-refractivity contribution is 5.98. The number of rotatable bonds is 4. The van der Waals surface area contributed by atoms with Gasteiger partial charge in [0, 0.05) is 24.8 Å². The lowest BCUT2D eigenvalue weighted by Gasteiger charge is -2.28.